The second-order valence-electron chi connectivity index (χ2n) is 7.08. The molecule has 4 rings (SSSR count). The maximum absolute atomic E-state index is 12.4. The number of benzene rings is 2. The first-order chi connectivity index (χ1) is 12.8. The quantitative estimate of drug-likeness (QED) is 0.830. The summed E-state index contributed by atoms with van der Waals surface area (Å²) in [7, 11) is 0. The predicted octanol–water partition coefficient (Wildman–Crippen LogP) is 3.29. The van der Waals surface area contributed by atoms with Gasteiger partial charge in [0.05, 0.1) is 13.0 Å². The highest BCUT2D eigenvalue weighted by Crippen LogP contribution is 2.35. The maximum Gasteiger partial charge on any atom is 0.226 e. The van der Waals surface area contributed by atoms with E-state index in [1.54, 1.807) is 0 Å². The molecule has 1 saturated heterocycles. The van der Waals surface area contributed by atoms with Gasteiger partial charge >= 0.3 is 0 Å². The maximum atomic E-state index is 12.4. The van der Waals surface area contributed by atoms with Crippen LogP contribution in [-0.2, 0) is 11.2 Å². The standard InChI is InChI=1S/C22H26N2O2/c25-22(12-17-26-19-7-2-1-3-8-19)24-15-13-23(14-16-24)21-11-10-18-6-4-5-9-20(18)21/h1-9,21H,10-17H2. The Balaban J connectivity index is 1.24. The summed E-state index contributed by atoms with van der Waals surface area (Å²) in [4.78, 5) is 17.0. The van der Waals surface area contributed by atoms with Gasteiger partial charge in [-0.15, -0.1) is 0 Å². The summed E-state index contributed by atoms with van der Waals surface area (Å²) < 4.78 is 5.65. The number of carbonyl (C=O) groups is 1. The molecule has 2 aromatic rings. The number of aryl methyl sites for hydroxylation is 1. The van der Waals surface area contributed by atoms with Crippen LogP contribution in [0.15, 0.2) is 54.6 Å². The first kappa shape index (κ1) is 17.1. The summed E-state index contributed by atoms with van der Waals surface area (Å²) in [5.41, 5.74) is 2.98. The Morgan fingerprint density at radius 1 is 0.962 bits per heavy atom. The molecule has 2 aromatic carbocycles. The number of ether oxygens (including phenoxy) is 1. The molecule has 136 valence electrons. The van der Waals surface area contributed by atoms with Gasteiger partial charge in [-0.2, -0.15) is 0 Å². The highest BCUT2D eigenvalue weighted by molar-refractivity contribution is 5.76. The number of hydrogen-bond acceptors (Lipinski definition) is 3. The molecule has 1 atom stereocenters. The van der Waals surface area contributed by atoms with Gasteiger partial charge in [-0.1, -0.05) is 42.5 Å². The normalized spacial score (nSPS) is 20.0. The van der Waals surface area contributed by atoms with E-state index in [1.165, 1.54) is 24.0 Å². The Kier molecular flexibility index (Phi) is 5.21. The Bertz CT molecular complexity index is 739. The van der Waals surface area contributed by atoms with E-state index < -0.39 is 0 Å². The topological polar surface area (TPSA) is 32.8 Å². The van der Waals surface area contributed by atoms with Gasteiger partial charge in [-0.05, 0) is 36.1 Å². The molecule has 0 aromatic heterocycles. The molecule has 1 amide bonds. The number of amides is 1. The number of carbonyl (C=O) groups excluding carboxylic acids is 1. The summed E-state index contributed by atoms with van der Waals surface area (Å²) in [6, 6.07) is 19.0. The highest BCUT2D eigenvalue weighted by atomic mass is 16.5. The number of fused-ring (bicyclic) bond motifs is 1. The van der Waals surface area contributed by atoms with Crippen LogP contribution in [0.2, 0.25) is 0 Å². The molecule has 1 aliphatic carbocycles. The average molecular weight is 350 g/mol. The smallest absolute Gasteiger partial charge is 0.226 e. The summed E-state index contributed by atoms with van der Waals surface area (Å²) in [6.07, 6.45) is 2.83. The number of rotatable bonds is 5. The van der Waals surface area contributed by atoms with E-state index in [4.69, 9.17) is 4.74 Å². The molecule has 0 radical (unpaired) electrons. The van der Waals surface area contributed by atoms with Crippen molar-refractivity contribution in [1.29, 1.82) is 0 Å². The zero-order valence-corrected chi connectivity index (χ0v) is 15.1. The molecule has 1 unspecified atom stereocenters. The molecule has 26 heavy (non-hydrogen) atoms. The van der Waals surface area contributed by atoms with E-state index in [0.717, 1.165) is 31.9 Å². The largest absolute Gasteiger partial charge is 0.493 e. The number of hydrogen-bond donors (Lipinski definition) is 0. The molecule has 0 N–H and O–H groups in total. The molecule has 4 nitrogen and oxygen atoms in total. The SMILES string of the molecule is O=C(CCOc1ccccc1)N1CCN(C2CCc3ccccc32)CC1. The molecule has 0 bridgehead atoms. The Hall–Kier alpha value is -2.33. The lowest BCUT2D eigenvalue weighted by Gasteiger charge is -2.38. The summed E-state index contributed by atoms with van der Waals surface area (Å²) in [5, 5.41) is 0. The lowest BCUT2D eigenvalue weighted by molar-refractivity contribution is -0.133. The van der Waals surface area contributed by atoms with Crippen LogP contribution in [0.5, 0.6) is 5.75 Å². The van der Waals surface area contributed by atoms with Crippen LogP contribution in [0.25, 0.3) is 0 Å². The molecule has 4 heteroatoms. The van der Waals surface area contributed by atoms with Crippen molar-refractivity contribution >= 4 is 5.91 Å². The van der Waals surface area contributed by atoms with Gasteiger partial charge < -0.3 is 9.64 Å². The third-order valence-corrected chi connectivity index (χ3v) is 5.54. The van der Waals surface area contributed by atoms with Gasteiger partial charge in [0.25, 0.3) is 0 Å². The molecule has 1 aliphatic heterocycles. The molecule has 0 spiro atoms. The minimum Gasteiger partial charge on any atom is -0.493 e. The molecular weight excluding hydrogens is 324 g/mol. The van der Waals surface area contributed by atoms with Gasteiger partial charge in [0.1, 0.15) is 5.75 Å². The second-order valence-corrected chi connectivity index (χ2v) is 7.08. The lowest BCUT2D eigenvalue weighted by atomic mass is 10.1. The van der Waals surface area contributed by atoms with E-state index in [9.17, 15) is 4.79 Å². The summed E-state index contributed by atoms with van der Waals surface area (Å²) in [6.45, 7) is 4.01. The van der Waals surface area contributed by atoms with Crippen molar-refractivity contribution < 1.29 is 9.53 Å². The van der Waals surface area contributed by atoms with Crippen LogP contribution < -0.4 is 4.74 Å². The van der Waals surface area contributed by atoms with E-state index in [0.29, 0.717) is 19.1 Å². The van der Waals surface area contributed by atoms with Crippen LogP contribution in [0, 0.1) is 0 Å². The minimum absolute atomic E-state index is 0.201. The fraction of sp³-hybridized carbons (Fsp3) is 0.409. The van der Waals surface area contributed by atoms with Crippen molar-refractivity contribution in [2.75, 3.05) is 32.8 Å². The Morgan fingerprint density at radius 2 is 1.69 bits per heavy atom. The van der Waals surface area contributed by atoms with Gasteiger partial charge in [-0.3, -0.25) is 9.69 Å². The second kappa shape index (κ2) is 7.92. The van der Waals surface area contributed by atoms with Crippen LogP contribution in [0.1, 0.15) is 30.0 Å². The first-order valence-corrected chi connectivity index (χ1v) is 9.59. The van der Waals surface area contributed by atoms with Crippen molar-refractivity contribution in [2.45, 2.75) is 25.3 Å². The molecule has 0 saturated carbocycles. The zero-order valence-electron chi connectivity index (χ0n) is 15.1. The highest BCUT2D eigenvalue weighted by Gasteiger charge is 2.30. The van der Waals surface area contributed by atoms with E-state index in [1.807, 2.05) is 35.2 Å². The monoisotopic (exact) mass is 350 g/mol. The van der Waals surface area contributed by atoms with Gasteiger partial charge in [0.2, 0.25) is 5.91 Å². The van der Waals surface area contributed by atoms with Gasteiger partial charge in [-0.25, -0.2) is 0 Å². The van der Waals surface area contributed by atoms with Crippen molar-refractivity contribution in [1.82, 2.24) is 9.80 Å². The molecule has 1 fully saturated rings. The Labute approximate surface area is 155 Å². The van der Waals surface area contributed by atoms with Crippen molar-refractivity contribution in [3.63, 3.8) is 0 Å². The summed E-state index contributed by atoms with van der Waals surface area (Å²) in [5.74, 6) is 1.03. The fourth-order valence-corrected chi connectivity index (χ4v) is 4.13. The number of nitrogens with zero attached hydrogens (tertiary/aromatic N) is 2. The molecule has 1 heterocycles. The van der Waals surface area contributed by atoms with E-state index in [2.05, 4.69) is 29.2 Å². The van der Waals surface area contributed by atoms with Crippen LogP contribution in [0.3, 0.4) is 0 Å². The first-order valence-electron chi connectivity index (χ1n) is 9.59. The average Bonchev–Trinajstić information content (AvgIpc) is 3.13. The van der Waals surface area contributed by atoms with Crippen LogP contribution in [0.4, 0.5) is 0 Å². The number of para-hydroxylation sites is 1. The third-order valence-electron chi connectivity index (χ3n) is 5.54. The van der Waals surface area contributed by atoms with Gasteiger partial charge in [0.15, 0.2) is 0 Å². The minimum atomic E-state index is 0.201. The number of piperazine rings is 1. The van der Waals surface area contributed by atoms with Crippen molar-refractivity contribution in [3.8, 4) is 5.75 Å². The molecular formula is C22H26N2O2. The van der Waals surface area contributed by atoms with Crippen LogP contribution in [-0.4, -0.2) is 48.5 Å². The van der Waals surface area contributed by atoms with Crippen molar-refractivity contribution in [2.24, 2.45) is 0 Å². The van der Waals surface area contributed by atoms with E-state index >= 15 is 0 Å². The van der Waals surface area contributed by atoms with E-state index in [-0.39, 0.29) is 5.91 Å². The molecule has 2 aliphatic rings. The third kappa shape index (κ3) is 3.75. The predicted molar refractivity (Wildman–Crippen MR) is 102 cm³/mol. The zero-order chi connectivity index (χ0) is 17.8. The van der Waals surface area contributed by atoms with Gasteiger partial charge in [0, 0.05) is 32.2 Å². The summed E-state index contributed by atoms with van der Waals surface area (Å²) >= 11 is 0. The van der Waals surface area contributed by atoms with Crippen LogP contribution >= 0.6 is 0 Å². The Morgan fingerprint density at radius 3 is 2.50 bits per heavy atom. The van der Waals surface area contributed by atoms with Crippen molar-refractivity contribution in [3.05, 3.63) is 65.7 Å². The fourth-order valence-electron chi connectivity index (χ4n) is 4.13. The lowest BCUT2D eigenvalue weighted by Crippen LogP contribution is -2.49.